The van der Waals surface area contributed by atoms with Crippen molar-refractivity contribution < 1.29 is 9.66 Å². The molecule has 106 valence electrons. The highest BCUT2D eigenvalue weighted by atomic mass is 16.6. The molecule has 0 saturated carbocycles. The molecule has 1 atom stereocenters. The summed E-state index contributed by atoms with van der Waals surface area (Å²) in [5.74, 6) is 0.555. The van der Waals surface area contributed by atoms with Gasteiger partial charge in [0.2, 0.25) is 5.75 Å². The Balaban J connectivity index is 2.31. The first-order valence-electron chi connectivity index (χ1n) is 6.23. The van der Waals surface area contributed by atoms with E-state index in [1.165, 1.54) is 18.2 Å². The first kappa shape index (κ1) is 14.5. The average molecular weight is 283 g/mol. The summed E-state index contributed by atoms with van der Waals surface area (Å²) in [6.07, 6.45) is 0. The summed E-state index contributed by atoms with van der Waals surface area (Å²) in [6.45, 7) is 1.86. The van der Waals surface area contributed by atoms with E-state index >= 15 is 0 Å². The molecule has 2 N–H and O–H groups in total. The van der Waals surface area contributed by atoms with Crippen LogP contribution in [0.1, 0.15) is 24.1 Å². The van der Waals surface area contributed by atoms with Crippen molar-refractivity contribution >= 4 is 5.69 Å². The lowest BCUT2D eigenvalue weighted by atomic mass is 10.1. The van der Waals surface area contributed by atoms with Crippen molar-refractivity contribution in [3.8, 4) is 17.6 Å². The molecule has 6 nitrogen and oxygen atoms in total. The molecule has 0 aliphatic heterocycles. The lowest BCUT2D eigenvalue weighted by molar-refractivity contribution is -0.385. The largest absolute Gasteiger partial charge is 0.450 e. The third-order valence-electron chi connectivity index (χ3n) is 2.92. The van der Waals surface area contributed by atoms with Gasteiger partial charge >= 0.3 is 5.69 Å². The van der Waals surface area contributed by atoms with Crippen LogP contribution < -0.4 is 10.5 Å². The topological polar surface area (TPSA) is 102 Å². The lowest BCUT2D eigenvalue weighted by Gasteiger charge is -2.09. The summed E-state index contributed by atoms with van der Waals surface area (Å²) in [4.78, 5) is 10.4. The Kier molecular flexibility index (Phi) is 4.16. The van der Waals surface area contributed by atoms with E-state index in [9.17, 15) is 10.1 Å². The standard InChI is InChI=1S/C15H13N3O3/c1-10(17)12-3-5-13(6-4-12)21-15-7-2-11(9-16)8-14(15)18(19)20/h2-8,10H,17H2,1H3/t10-/m1/s1. The minimum atomic E-state index is -0.577. The van der Waals surface area contributed by atoms with Crippen molar-refractivity contribution in [3.05, 3.63) is 63.7 Å². The van der Waals surface area contributed by atoms with Crippen LogP contribution in [0.15, 0.2) is 42.5 Å². The third-order valence-corrected chi connectivity index (χ3v) is 2.92. The van der Waals surface area contributed by atoms with Gasteiger partial charge in [0, 0.05) is 12.1 Å². The first-order chi connectivity index (χ1) is 10.0. The van der Waals surface area contributed by atoms with Crippen LogP contribution in [0.5, 0.6) is 11.5 Å². The van der Waals surface area contributed by atoms with Gasteiger partial charge in [-0.25, -0.2) is 0 Å². The minimum Gasteiger partial charge on any atom is -0.450 e. The summed E-state index contributed by atoms with van der Waals surface area (Å²) >= 11 is 0. The molecule has 2 aromatic carbocycles. The smallest absolute Gasteiger partial charge is 0.312 e. The van der Waals surface area contributed by atoms with E-state index in [1.807, 2.05) is 13.0 Å². The Labute approximate surface area is 121 Å². The summed E-state index contributed by atoms with van der Waals surface area (Å²) in [6, 6.07) is 12.8. The van der Waals surface area contributed by atoms with Gasteiger partial charge in [-0.1, -0.05) is 12.1 Å². The Hall–Kier alpha value is -2.91. The Morgan fingerprint density at radius 2 is 1.95 bits per heavy atom. The Morgan fingerprint density at radius 1 is 1.29 bits per heavy atom. The fourth-order valence-electron chi connectivity index (χ4n) is 1.78. The second kappa shape index (κ2) is 6.03. The number of nitrogens with zero attached hydrogens (tertiary/aromatic N) is 2. The molecule has 0 aromatic heterocycles. The van der Waals surface area contributed by atoms with Crippen molar-refractivity contribution in [1.82, 2.24) is 0 Å². The maximum atomic E-state index is 11.0. The molecule has 0 unspecified atom stereocenters. The molecule has 21 heavy (non-hydrogen) atoms. The molecule has 0 aliphatic rings. The summed E-state index contributed by atoms with van der Waals surface area (Å²) in [5, 5.41) is 19.8. The van der Waals surface area contributed by atoms with Crippen LogP contribution in [0.25, 0.3) is 0 Å². The number of rotatable bonds is 4. The number of nitro benzene ring substituents is 1. The van der Waals surface area contributed by atoms with E-state index in [1.54, 1.807) is 24.3 Å². The highest BCUT2D eigenvalue weighted by Crippen LogP contribution is 2.32. The fourth-order valence-corrected chi connectivity index (χ4v) is 1.78. The van der Waals surface area contributed by atoms with E-state index < -0.39 is 4.92 Å². The van der Waals surface area contributed by atoms with Crippen LogP contribution in [0.3, 0.4) is 0 Å². The second-order valence-electron chi connectivity index (χ2n) is 4.51. The molecule has 0 fully saturated rings. The molecule has 0 spiro atoms. The highest BCUT2D eigenvalue weighted by Gasteiger charge is 2.16. The van der Waals surface area contributed by atoms with E-state index in [0.29, 0.717) is 5.75 Å². The van der Waals surface area contributed by atoms with Crippen molar-refractivity contribution in [1.29, 1.82) is 5.26 Å². The number of nitro groups is 1. The van der Waals surface area contributed by atoms with Gasteiger partial charge in [0.1, 0.15) is 5.75 Å². The monoisotopic (exact) mass is 283 g/mol. The summed E-state index contributed by atoms with van der Waals surface area (Å²) in [7, 11) is 0. The number of nitrogens with two attached hydrogens (primary N) is 1. The van der Waals surface area contributed by atoms with Crippen molar-refractivity contribution in [2.75, 3.05) is 0 Å². The average Bonchev–Trinajstić information content (AvgIpc) is 2.48. The van der Waals surface area contributed by atoms with E-state index in [-0.39, 0.29) is 23.0 Å². The normalized spacial score (nSPS) is 11.5. The molecule has 0 amide bonds. The van der Waals surface area contributed by atoms with E-state index in [4.69, 9.17) is 15.7 Å². The summed E-state index contributed by atoms with van der Waals surface area (Å²) < 4.78 is 5.51. The molecule has 0 heterocycles. The fraction of sp³-hybridized carbons (Fsp3) is 0.133. The first-order valence-corrected chi connectivity index (χ1v) is 6.23. The lowest BCUT2D eigenvalue weighted by Crippen LogP contribution is -2.04. The van der Waals surface area contributed by atoms with Crippen LogP contribution in [0.2, 0.25) is 0 Å². The number of ether oxygens (including phenoxy) is 1. The molecule has 0 aliphatic carbocycles. The molecule has 0 bridgehead atoms. The quantitative estimate of drug-likeness (QED) is 0.685. The predicted octanol–water partition coefficient (Wildman–Crippen LogP) is 3.28. The maximum Gasteiger partial charge on any atom is 0.312 e. The van der Waals surface area contributed by atoms with Gasteiger partial charge in [0.05, 0.1) is 16.6 Å². The van der Waals surface area contributed by atoms with Crippen molar-refractivity contribution in [2.24, 2.45) is 5.73 Å². The zero-order valence-electron chi connectivity index (χ0n) is 11.3. The maximum absolute atomic E-state index is 11.0. The Bertz CT molecular complexity index is 703. The van der Waals surface area contributed by atoms with Gasteiger partial charge in [-0.3, -0.25) is 10.1 Å². The van der Waals surface area contributed by atoms with Crippen LogP contribution >= 0.6 is 0 Å². The van der Waals surface area contributed by atoms with Gasteiger partial charge in [-0.15, -0.1) is 0 Å². The van der Waals surface area contributed by atoms with Gasteiger partial charge < -0.3 is 10.5 Å². The number of nitriles is 1. The Morgan fingerprint density at radius 3 is 2.48 bits per heavy atom. The minimum absolute atomic E-state index is 0.0903. The van der Waals surface area contributed by atoms with Gasteiger partial charge in [-0.05, 0) is 36.8 Å². The van der Waals surface area contributed by atoms with Gasteiger partial charge in [0.15, 0.2) is 0 Å². The molecular weight excluding hydrogens is 270 g/mol. The van der Waals surface area contributed by atoms with Crippen LogP contribution in [-0.2, 0) is 0 Å². The second-order valence-corrected chi connectivity index (χ2v) is 4.51. The molecule has 2 aromatic rings. The highest BCUT2D eigenvalue weighted by molar-refractivity contribution is 5.53. The SMILES string of the molecule is C[C@@H](N)c1ccc(Oc2ccc(C#N)cc2[N+](=O)[O-])cc1. The van der Waals surface area contributed by atoms with Gasteiger partial charge in [0.25, 0.3) is 0 Å². The predicted molar refractivity (Wildman–Crippen MR) is 76.9 cm³/mol. The number of hydrogen-bond acceptors (Lipinski definition) is 5. The van der Waals surface area contributed by atoms with Gasteiger partial charge in [-0.2, -0.15) is 5.26 Å². The molecular formula is C15H13N3O3. The zero-order valence-corrected chi connectivity index (χ0v) is 11.3. The van der Waals surface area contributed by atoms with Crippen molar-refractivity contribution in [2.45, 2.75) is 13.0 Å². The van der Waals surface area contributed by atoms with Crippen LogP contribution in [0, 0.1) is 21.4 Å². The van der Waals surface area contributed by atoms with Crippen LogP contribution in [-0.4, -0.2) is 4.92 Å². The molecule has 0 radical (unpaired) electrons. The number of benzene rings is 2. The third kappa shape index (κ3) is 3.35. The zero-order chi connectivity index (χ0) is 15.4. The molecule has 6 heteroatoms. The number of hydrogen-bond donors (Lipinski definition) is 1. The summed E-state index contributed by atoms with van der Waals surface area (Å²) in [5.41, 5.74) is 6.66. The van der Waals surface area contributed by atoms with Crippen LogP contribution in [0.4, 0.5) is 5.69 Å². The molecule has 0 saturated heterocycles. The van der Waals surface area contributed by atoms with E-state index in [2.05, 4.69) is 0 Å². The molecule has 2 rings (SSSR count). The van der Waals surface area contributed by atoms with Crippen molar-refractivity contribution in [3.63, 3.8) is 0 Å². The van der Waals surface area contributed by atoms with E-state index in [0.717, 1.165) is 5.56 Å².